The van der Waals surface area contributed by atoms with E-state index in [1.807, 2.05) is 0 Å². The topological polar surface area (TPSA) is 80.4 Å². The molecule has 0 spiro atoms. The summed E-state index contributed by atoms with van der Waals surface area (Å²) in [5.74, 6) is 0. The first kappa shape index (κ1) is 15.1. The largest absolute Gasteiger partial charge is 1.00 e. The molecule has 68 valence electrons. The summed E-state index contributed by atoms with van der Waals surface area (Å²) in [4.78, 5) is 0. The Labute approximate surface area is 96.7 Å². The molecule has 0 aliphatic carbocycles. The van der Waals surface area contributed by atoms with Crippen LogP contribution in [0.4, 0.5) is 0 Å². The van der Waals surface area contributed by atoms with Crippen molar-refractivity contribution in [2.45, 2.75) is 18.1 Å². The minimum atomic E-state index is -4.07. The van der Waals surface area contributed by atoms with Gasteiger partial charge in [0.05, 0.1) is 0 Å². The second-order valence-electron chi connectivity index (χ2n) is 2.62. The van der Waals surface area contributed by atoms with Crippen LogP contribution in [0.1, 0.15) is 14.8 Å². The van der Waals surface area contributed by atoms with Crippen molar-refractivity contribution >= 4 is 10.1 Å². The summed E-state index contributed by atoms with van der Waals surface area (Å²) >= 11 is 0. The maximum atomic E-state index is 10.7. The van der Waals surface area contributed by atoms with Gasteiger partial charge in [0.15, 0.2) is 0 Å². The van der Waals surface area contributed by atoms with E-state index < -0.39 is 14.9 Å². The third kappa shape index (κ3) is 3.55. The molecule has 0 rings (SSSR count). The van der Waals surface area contributed by atoms with Crippen LogP contribution in [0.5, 0.6) is 0 Å². The summed E-state index contributed by atoms with van der Waals surface area (Å²) in [5, 5.41) is 0. The van der Waals surface area contributed by atoms with Gasteiger partial charge in [-0.15, -0.1) is 6.58 Å². The molecule has 1 atom stereocenters. The molecule has 0 bridgehead atoms. The second-order valence-corrected chi connectivity index (χ2v) is 4.56. The Bertz CT molecular complexity index is 244. The molecule has 6 heteroatoms. The van der Waals surface area contributed by atoms with E-state index in [4.69, 9.17) is 10.3 Å². The average molecular weight is 203 g/mol. The number of hydrogen-bond acceptors (Lipinski definition) is 3. The van der Waals surface area contributed by atoms with Gasteiger partial charge in [-0.3, -0.25) is 4.55 Å². The fraction of sp³-hybridized carbons (Fsp3) is 0.667. The van der Waals surface area contributed by atoms with Gasteiger partial charge < -0.3 is 7.16 Å². The van der Waals surface area contributed by atoms with Gasteiger partial charge in [0.25, 0.3) is 10.1 Å². The smallest absolute Gasteiger partial charge is 1.00 e. The predicted octanol–water partition coefficient (Wildman–Crippen LogP) is -2.72. The minimum absolute atomic E-state index is 0. The SMILES string of the molecule is C=CCC(C)(CN)S(=O)(=O)O.[H-].[Na+]. The van der Waals surface area contributed by atoms with Crippen molar-refractivity contribution in [2.75, 3.05) is 6.54 Å². The molecule has 0 fully saturated rings. The number of rotatable bonds is 4. The van der Waals surface area contributed by atoms with E-state index in [-0.39, 0.29) is 43.9 Å². The summed E-state index contributed by atoms with van der Waals surface area (Å²) in [6.45, 7) is 4.64. The molecule has 0 aromatic rings. The fourth-order valence-corrected chi connectivity index (χ4v) is 1.14. The molecule has 0 saturated heterocycles. The Balaban J connectivity index is -0.000000500. The van der Waals surface area contributed by atoms with Gasteiger partial charge in [0.2, 0.25) is 0 Å². The van der Waals surface area contributed by atoms with Crippen LogP contribution in [0.25, 0.3) is 0 Å². The molecule has 0 aromatic carbocycles. The number of hydrogen-bond donors (Lipinski definition) is 2. The normalized spacial score (nSPS) is 15.9. The van der Waals surface area contributed by atoms with Crippen LogP contribution in [0.3, 0.4) is 0 Å². The van der Waals surface area contributed by atoms with Crippen molar-refractivity contribution in [1.29, 1.82) is 0 Å². The summed E-state index contributed by atoms with van der Waals surface area (Å²) in [6, 6.07) is 0. The predicted molar refractivity (Wildman–Crippen MR) is 44.9 cm³/mol. The summed E-state index contributed by atoms with van der Waals surface area (Å²) in [7, 11) is -4.07. The number of nitrogens with two attached hydrogens (primary N) is 1. The Hall–Kier alpha value is 0.610. The van der Waals surface area contributed by atoms with E-state index in [0.717, 1.165) is 0 Å². The van der Waals surface area contributed by atoms with E-state index in [1.54, 1.807) is 0 Å². The van der Waals surface area contributed by atoms with Gasteiger partial charge in [0, 0.05) is 6.54 Å². The molecule has 0 amide bonds. The number of allylic oxidation sites excluding steroid dienone is 1. The molecule has 1 unspecified atom stereocenters. The van der Waals surface area contributed by atoms with E-state index in [0.29, 0.717) is 0 Å². The molecular weight excluding hydrogens is 189 g/mol. The molecule has 3 N–H and O–H groups in total. The molecule has 0 radical (unpaired) electrons. The summed E-state index contributed by atoms with van der Waals surface area (Å²) in [6.07, 6.45) is 1.57. The monoisotopic (exact) mass is 203 g/mol. The quantitative estimate of drug-likeness (QED) is 0.296. The van der Waals surface area contributed by atoms with Gasteiger partial charge in [-0.1, -0.05) is 6.08 Å². The van der Waals surface area contributed by atoms with Crippen LogP contribution in [-0.2, 0) is 10.1 Å². The van der Waals surface area contributed by atoms with E-state index >= 15 is 0 Å². The maximum absolute atomic E-state index is 10.7. The molecule has 0 heterocycles. The van der Waals surface area contributed by atoms with Gasteiger partial charge in [0.1, 0.15) is 4.75 Å². The van der Waals surface area contributed by atoms with E-state index in [2.05, 4.69) is 6.58 Å². The first-order valence-corrected chi connectivity index (χ1v) is 4.59. The van der Waals surface area contributed by atoms with Crippen molar-refractivity contribution in [1.82, 2.24) is 0 Å². The molecule has 0 saturated carbocycles. The first-order valence-electron chi connectivity index (χ1n) is 3.15. The van der Waals surface area contributed by atoms with Crippen LogP contribution in [0, 0.1) is 0 Å². The van der Waals surface area contributed by atoms with Crippen molar-refractivity contribution < 1.29 is 44.0 Å². The third-order valence-electron chi connectivity index (χ3n) is 1.63. The van der Waals surface area contributed by atoms with Gasteiger partial charge >= 0.3 is 29.6 Å². The summed E-state index contributed by atoms with van der Waals surface area (Å²) in [5.41, 5.74) is 5.19. The Morgan fingerprint density at radius 3 is 2.25 bits per heavy atom. The zero-order valence-electron chi connectivity index (χ0n) is 8.45. The van der Waals surface area contributed by atoms with Crippen LogP contribution in [0.15, 0.2) is 12.7 Å². The van der Waals surface area contributed by atoms with Crippen LogP contribution >= 0.6 is 0 Å². The van der Waals surface area contributed by atoms with Crippen molar-refractivity contribution in [3.63, 3.8) is 0 Å². The zero-order chi connectivity index (χ0) is 9.12. The molecule has 4 nitrogen and oxygen atoms in total. The maximum Gasteiger partial charge on any atom is 1.00 e. The molecular formula is C6H14NNaO3S. The average Bonchev–Trinajstić information content (AvgIpc) is 1.86. The Kier molecular flexibility index (Phi) is 6.75. The summed E-state index contributed by atoms with van der Waals surface area (Å²) < 4.78 is 28.8. The second kappa shape index (κ2) is 5.36. The van der Waals surface area contributed by atoms with Gasteiger partial charge in [-0.25, -0.2) is 0 Å². The molecule has 0 aliphatic rings. The van der Waals surface area contributed by atoms with Crippen molar-refractivity contribution in [3.8, 4) is 0 Å². The standard InChI is InChI=1S/C6H13NO3S.Na.H/c1-3-4-6(2,5-7)11(8,9)10;;/h3H,1,4-5,7H2,2H3,(H,8,9,10);;/q;+1;-1. The van der Waals surface area contributed by atoms with Crippen molar-refractivity contribution in [3.05, 3.63) is 12.7 Å². The minimum Gasteiger partial charge on any atom is -1.00 e. The van der Waals surface area contributed by atoms with Crippen LogP contribution < -0.4 is 35.3 Å². The first-order chi connectivity index (χ1) is 4.87. The van der Waals surface area contributed by atoms with E-state index in [9.17, 15) is 8.42 Å². The molecule has 12 heavy (non-hydrogen) atoms. The zero-order valence-corrected chi connectivity index (χ0v) is 10.3. The molecule has 0 aliphatic heterocycles. The van der Waals surface area contributed by atoms with Gasteiger partial charge in [-0.05, 0) is 13.3 Å². The van der Waals surface area contributed by atoms with Gasteiger partial charge in [-0.2, -0.15) is 8.42 Å². The Morgan fingerprint density at radius 1 is 1.75 bits per heavy atom. The molecule has 0 aromatic heterocycles. The Morgan fingerprint density at radius 2 is 2.17 bits per heavy atom. The fourth-order valence-electron chi connectivity index (χ4n) is 0.599. The third-order valence-corrected chi connectivity index (χ3v) is 3.21. The van der Waals surface area contributed by atoms with E-state index in [1.165, 1.54) is 13.0 Å². The van der Waals surface area contributed by atoms with Crippen LogP contribution in [-0.4, -0.2) is 24.3 Å². The van der Waals surface area contributed by atoms with Crippen molar-refractivity contribution in [2.24, 2.45) is 5.73 Å². The van der Waals surface area contributed by atoms with Crippen LogP contribution in [0.2, 0.25) is 0 Å².